The molecule has 16 nitrogen and oxygen atoms in total. The molecule has 57 heavy (non-hydrogen) atoms. The molecule has 3 fully saturated rings. The van der Waals surface area contributed by atoms with Crippen LogP contribution in [0.15, 0.2) is 67.1 Å². The lowest BCUT2D eigenvalue weighted by molar-refractivity contribution is -0.137. The Morgan fingerprint density at radius 2 is 1.77 bits per heavy atom. The quantitative estimate of drug-likeness (QED) is 0.155. The van der Waals surface area contributed by atoms with Crippen LogP contribution in [0.25, 0.3) is 22.3 Å². The molecule has 1 aromatic carbocycles. The number of H-pyrrole nitrogens is 1. The van der Waals surface area contributed by atoms with E-state index in [1.165, 1.54) is 0 Å². The number of nitrogens with zero attached hydrogens (tertiary/aromatic N) is 7. The van der Waals surface area contributed by atoms with Crippen LogP contribution in [0.1, 0.15) is 44.1 Å². The van der Waals surface area contributed by atoms with Gasteiger partial charge in [0.25, 0.3) is 5.91 Å². The van der Waals surface area contributed by atoms with Gasteiger partial charge >= 0.3 is 0 Å². The van der Waals surface area contributed by atoms with E-state index < -0.39 is 18.8 Å². The number of carbonyl (C=O) groups excluding carboxylic acids is 4. The molecule has 0 aliphatic carbocycles. The highest BCUT2D eigenvalue weighted by Gasteiger charge is 2.28. The summed E-state index contributed by atoms with van der Waals surface area (Å²) in [6.45, 7) is 12.9. The summed E-state index contributed by atoms with van der Waals surface area (Å²) in [6.07, 6.45) is 5.01. The Bertz CT molecular complexity index is 2110. The van der Waals surface area contributed by atoms with Crippen molar-refractivity contribution in [2.45, 2.75) is 45.3 Å². The second-order valence-electron chi connectivity index (χ2n) is 14.9. The van der Waals surface area contributed by atoms with E-state index in [0.29, 0.717) is 76.0 Å². The Morgan fingerprint density at radius 1 is 0.982 bits per heavy atom. The summed E-state index contributed by atoms with van der Waals surface area (Å²) < 4.78 is 12.7. The molecule has 7 rings (SSSR count). The van der Waals surface area contributed by atoms with Gasteiger partial charge in [-0.3, -0.25) is 34.0 Å². The first-order valence-corrected chi connectivity index (χ1v) is 19.5. The number of hydrogen-bond acceptors (Lipinski definition) is 11. The predicted octanol–water partition coefficient (Wildman–Crippen LogP) is 2.41. The van der Waals surface area contributed by atoms with E-state index in [1.54, 1.807) is 24.3 Å². The van der Waals surface area contributed by atoms with Crippen molar-refractivity contribution in [3.05, 3.63) is 78.4 Å². The summed E-state index contributed by atoms with van der Waals surface area (Å²) in [6, 6.07) is 12.7. The fraction of sp³-hybridized carbons (Fsp3) is 0.439. The first-order chi connectivity index (χ1) is 28.1. The third-order valence-corrected chi connectivity index (χ3v) is 10.6. The summed E-state index contributed by atoms with van der Waals surface area (Å²) in [5.74, 6) is -0.246. The molecule has 3 aromatic heterocycles. The number of morpholine rings is 1. The Kier molecular flexibility index (Phi) is 12.1. The molecule has 2 atom stereocenters. The van der Waals surface area contributed by atoms with Gasteiger partial charge in [-0.05, 0) is 67.8 Å². The normalized spacial score (nSPS) is 18.8. The molecule has 0 unspecified atom stereocenters. The molecule has 0 bridgehead atoms. The molecular weight excluding hydrogens is 727 g/mol. The minimum Gasteiger partial charge on any atom is -0.378 e. The third-order valence-electron chi connectivity index (χ3n) is 10.6. The van der Waals surface area contributed by atoms with Crippen LogP contribution in [-0.4, -0.2) is 142 Å². The van der Waals surface area contributed by atoms with Crippen LogP contribution in [0.2, 0.25) is 0 Å². The van der Waals surface area contributed by atoms with Gasteiger partial charge in [-0.1, -0.05) is 18.7 Å². The standard InChI is InChI=1S/C41H51N11O5/c1-27(23-49-13-15-52(16-14-49)41(56)28(2)45-29(3)53)39(54)47-33-5-4-12-50(25-33)24-30-10-11-42-36(21-30)40(55)46-32-8-6-31(7-9-32)35-22-34-37(48-35)43-26-44-38(34)51-17-19-57-20-18-51/h6-11,21-22,26,28,33H,1,4-5,12-20,23-25H2,2-3H3,(H,45,53)(H,46,55)(H,47,54)(H,43,44,48)/t28-,33+/m0/s1/i3D. The Balaban J connectivity index is 0.869. The van der Waals surface area contributed by atoms with Crippen LogP contribution in [0.4, 0.5) is 11.5 Å². The monoisotopic (exact) mass is 778 g/mol. The van der Waals surface area contributed by atoms with Crippen molar-refractivity contribution in [1.82, 2.24) is 45.3 Å². The van der Waals surface area contributed by atoms with E-state index in [1.807, 2.05) is 36.4 Å². The molecule has 16 heteroatoms. The van der Waals surface area contributed by atoms with Crippen molar-refractivity contribution in [2.24, 2.45) is 0 Å². The van der Waals surface area contributed by atoms with Gasteiger partial charge in [-0.2, -0.15) is 0 Å². The molecule has 0 spiro atoms. The number of benzene rings is 1. The number of likely N-dealkylation sites (tertiary alicyclic amines) is 1. The topological polar surface area (TPSA) is 181 Å². The number of carbonyl (C=O) groups is 4. The van der Waals surface area contributed by atoms with Crippen LogP contribution >= 0.6 is 0 Å². The number of fused-ring (bicyclic) bond motifs is 1. The molecule has 3 saturated heterocycles. The number of amides is 4. The SMILES string of the molecule is [2H]CC(=O)N[C@@H](C)C(=O)N1CCN(CC(=C)C(=O)N[C@@H]2CCCN(Cc3ccnc(C(=O)Nc4ccc(-c5cc6c(N7CCOCC7)ncnc6[nH]5)cc4)c3)C2)CC1. The average molecular weight is 779 g/mol. The van der Waals surface area contributed by atoms with Gasteiger partial charge in [0, 0.05) is 96.4 Å². The lowest BCUT2D eigenvalue weighted by atomic mass is 10.0. The number of pyridine rings is 1. The highest BCUT2D eigenvalue weighted by molar-refractivity contribution is 6.03. The summed E-state index contributed by atoms with van der Waals surface area (Å²) in [4.78, 5) is 75.7. The van der Waals surface area contributed by atoms with Crippen molar-refractivity contribution in [1.29, 1.82) is 0 Å². The number of rotatable bonds is 12. The zero-order valence-electron chi connectivity index (χ0n) is 33.3. The highest BCUT2D eigenvalue weighted by atomic mass is 16.5. The van der Waals surface area contributed by atoms with Gasteiger partial charge in [0.1, 0.15) is 29.5 Å². The maximum Gasteiger partial charge on any atom is 0.274 e. The second-order valence-corrected chi connectivity index (χ2v) is 14.9. The first-order valence-electron chi connectivity index (χ1n) is 20.2. The number of hydrogen-bond donors (Lipinski definition) is 4. The lowest BCUT2D eigenvalue weighted by Gasteiger charge is -2.36. The summed E-state index contributed by atoms with van der Waals surface area (Å²) in [7, 11) is 0. The molecule has 0 saturated carbocycles. The zero-order chi connectivity index (χ0) is 40.6. The number of anilines is 2. The maximum atomic E-state index is 13.3. The van der Waals surface area contributed by atoms with Crippen molar-refractivity contribution in [2.75, 3.05) is 82.3 Å². The van der Waals surface area contributed by atoms with Gasteiger partial charge in [-0.15, -0.1) is 0 Å². The predicted molar refractivity (Wildman–Crippen MR) is 216 cm³/mol. The van der Waals surface area contributed by atoms with Crippen molar-refractivity contribution in [3.63, 3.8) is 0 Å². The van der Waals surface area contributed by atoms with Gasteiger partial charge < -0.3 is 35.5 Å². The number of aromatic nitrogens is 4. The van der Waals surface area contributed by atoms with Crippen LogP contribution in [0, 0.1) is 0 Å². The highest BCUT2D eigenvalue weighted by Crippen LogP contribution is 2.30. The van der Waals surface area contributed by atoms with Crippen molar-refractivity contribution in [3.8, 4) is 11.3 Å². The minimum absolute atomic E-state index is 0.0374. The van der Waals surface area contributed by atoms with Gasteiger partial charge in [0.15, 0.2) is 0 Å². The molecule has 300 valence electrons. The molecule has 3 aliphatic rings. The number of nitrogens with one attached hydrogen (secondary N) is 4. The van der Waals surface area contributed by atoms with E-state index in [0.717, 1.165) is 66.1 Å². The third kappa shape index (κ3) is 10.0. The van der Waals surface area contributed by atoms with Crippen LogP contribution in [0.5, 0.6) is 0 Å². The zero-order valence-corrected chi connectivity index (χ0v) is 32.3. The Hall–Kier alpha value is -5.71. The largest absolute Gasteiger partial charge is 0.378 e. The smallest absolute Gasteiger partial charge is 0.274 e. The van der Waals surface area contributed by atoms with Crippen molar-refractivity contribution >= 4 is 46.2 Å². The van der Waals surface area contributed by atoms with E-state index in [2.05, 4.69) is 63.2 Å². The van der Waals surface area contributed by atoms with Gasteiger partial charge in [0.05, 0.1) is 18.6 Å². The fourth-order valence-electron chi connectivity index (χ4n) is 7.64. The van der Waals surface area contributed by atoms with E-state index in [9.17, 15) is 19.2 Å². The molecule has 0 radical (unpaired) electrons. The second kappa shape index (κ2) is 18.0. The maximum absolute atomic E-state index is 13.3. The van der Waals surface area contributed by atoms with E-state index in [-0.39, 0.29) is 23.8 Å². The van der Waals surface area contributed by atoms with Crippen molar-refractivity contribution < 1.29 is 25.3 Å². The minimum atomic E-state index is -0.680. The van der Waals surface area contributed by atoms with Crippen LogP contribution in [-0.2, 0) is 25.7 Å². The van der Waals surface area contributed by atoms with E-state index >= 15 is 0 Å². The van der Waals surface area contributed by atoms with Crippen LogP contribution < -0.4 is 20.9 Å². The van der Waals surface area contributed by atoms with Gasteiger partial charge in [0.2, 0.25) is 17.7 Å². The molecule has 6 heterocycles. The fourth-order valence-corrected chi connectivity index (χ4v) is 7.64. The molecule has 4 N–H and O–H groups in total. The van der Waals surface area contributed by atoms with Crippen LogP contribution in [0.3, 0.4) is 0 Å². The number of aromatic amines is 1. The molecular formula is C41H51N11O5. The summed E-state index contributed by atoms with van der Waals surface area (Å²) in [5.41, 5.74) is 5.02. The number of piperazine rings is 1. The first kappa shape index (κ1) is 38.2. The molecule has 4 aromatic rings. The Morgan fingerprint density at radius 3 is 2.54 bits per heavy atom. The summed E-state index contributed by atoms with van der Waals surface area (Å²) >= 11 is 0. The number of ether oxygens (including phenoxy) is 1. The Labute approximate surface area is 333 Å². The molecule has 3 aliphatic heterocycles. The lowest BCUT2D eigenvalue weighted by Crippen LogP contribution is -2.54. The average Bonchev–Trinajstić information content (AvgIpc) is 3.69. The van der Waals surface area contributed by atoms with Gasteiger partial charge in [-0.25, -0.2) is 9.97 Å². The molecule has 4 amide bonds. The summed E-state index contributed by atoms with van der Waals surface area (Å²) in [5, 5.41) is 9.64. The van der Waals surface area contributed by atoms with E-state index in [4.69, 9.17) is 6.11 Å². The number of piperidine rings is 1.